The maximum absolute atomic E-state index is 12.9. The lowest BCUT2D eigenvalue weighted by Crippen LogP contribution is -2.44. The minimum Gasteiger partial charge on any atom is -0.506 e. The summed E-state index contributed by atoms with van der Waals surface area (Å²) in [6, 6.07) is 29.5. The van der Waals surface area contributed by atoms with Crippen molar-refractivity contribution in [2.75, 3.05) is 23.3 Å². The number of anilines is 2. The van der Waals surface area contributed by atoms with Crippen LogP contribution in [0.1, 0.15) is 61.3 Å². The number of aliphatic hydroxyl groups excluding tert-OH is 1. The van der Waals surface area contributed by atoms with Gasteiger partial charge in [0.2, 0.25) is 11.5 Å². The number of aryl methyl sites for hydroxylation is 1. The first kappa shape index (κ1) is 37.3. The van der Waals surface area contributed by atoms with Gasteiger partial charge in [0.25, 0.3) is 0 Å². The molecule has 0 aliphatic heterocycles. The molecule has 1 aromatic heterocycles. The van der Waals surface area contributed by atoms with E-state index in [-0.39, 0.29) is 29.3 Å². The number of carboxylic acid groups (broad SMARTS) is 1. The molecule has 0 radical (unpaired) electrons. The van der Waals surface area contributed by atoms with E-state index in [2.05, 4.69) is 15.6 Å². The third-order valence-electron chi connectivity index (χ3n) is 10.0. The highest BCUT2D eigenvalue weighted by molar-refractivity contribution is 5.94. The van der Waals surface area contributed by atoms with Crippen molar-refractivity contribution in [3.8, 4) is 16.9 Å². The maximum atomic E-state index is 12.9. The molecule has 4 aromatic carbocycles. The standard InChI is InChI=1S/C42H47N5O6/c43-30-12-16-32(17-13-30)47(42(52)53)36-25-28(11-18-33(36)29-6-2-1-3-7-29)5-4-8-39(50)45-31-14-9-27(10-15-31)23-24-44-26-38(49)34-19-21-37(48)41-35(34)20-22-40(51)46-41/h1-3,6-7,9-11,14-15,18-22,25,30,32,38,44,48-49H,4-5,8,12-13,16-17,23-24,26,43H2,(H,45,50)(H,46,51)(H,52,53)/t30?,32?,38-/m0/s1. The van der Waals surface area contributed by atoms with Crippen molar-refractivity contribution < 1.29 is 24.9 Å². The van der Waals surface area contributed by atoms with Gasteiger partial charge in [-0.15, -0.1) is 0 Å². The van der Waals surface area contributed by atoms with Gasteiger partial charge >= 0.3 is 6.09 Å². The summed E-state index contributed by atoms with van der Waals surface area (Å²) in [7, 11) is 0. The van der Waals surface area contributed by atoms with E-state index in [0.717, 1.165) is 47.9 Å². The molecule has 53 heavy (non-hydrogen) atoms. The van der Waals surface area contributed by atoms with Crippen LogP contribution in [0.2, 0.25) is 0 Å². The molecule has 0 spiro atoms. The quantitative estimate of drug-likeness (QED) is 0.0637. The number of aromatic hydroxyl groups is 1. The number of hydrogen-bond acceptors (Lipinski definition) is 7. The molecule has 11 nitrogen and oxygen atoms in total. The number of aromatic amines is 1. The van der Waals surface area contributed by atoms with Crippen LogP contribution in [-0.4, -0.2) is 57.5 Å². The SMILES string of the molecule is NC1CCC(N(C(=O)O)c2cc(CCCC(=O)Nc3ccc(CCNC[C@H](O)c4ccc(O)c5[nH]c(=O)ccc45)cc3)ccc2-c2ccccc2)CC1. The molecular weight excluding hydrogens is 670 g/mol. The van der Waals surface area contributed by atoms with Crippen LogP contribution in [0.15, 0.2) is 102 Å². The molecule has 0 bridgehead atoms. The van der Waals surface area contributed by atoms with Crippen LogP contribution in [0.4, 0.5) is 16.2 Å². The number of nitrogens with two attached hydrogens (primary N) is 1. The highest BCUT2D eigenvalue weighted by Gasteiger charge is 2.30. The zero-order valence-corrected chi connectivity index (χ0v) is 29.6. The number of fused-ring (bicyclic) bond motifs is 1. The van der Waals surface area contributed by atoms with E-state index in [1.165, 1.54) is 17.0 Å². The molecule has 1 aliphatic carbocycles. The minimum atomic E-state index is -0.972. The van der Waals surface area contributed by atoms with Crippen molar-refractivity contribution in [3.63, 3.8) is 0 Å². The number of aromatic nitrogens is 1. The number of nitrogens with zero attached hydrogens (tertiary/aromatic N) is 1. The van der Waals surface area contributed by atoms with Gasteiger partial charge in [0, 0.05) is 47.8 Å². The summed E-state index contributed by atoms with van der Waals surface area (Å²) in [5.74, 6) is -0.141. The Hall–Kier alpha value is -5.49. The normalized spacial score (nSPS) is 16.3. The number of benzene rings is 4. The molecule has 1 aliphatic rings. The molecule has 0 saturated heterocycles. The number of amides is 2. The molecule has 2 amide bonds. The smallest absolute Gasteiger partial charge is 0.412 e. The summed E-state index contributed by atoms with van der Waals surface area (Å²) in [6.07, 6.45) is 3.49. The van der Waals surface area contributed by atoms with Gasteiger partial charge in [-0.3, -0.25) is 14.5 Å². The second-order valence-corrected chi connectivity index (χ2v) is 13.8. The van der Waals surface area contributed by atoms with Crippen LogP contribution in [0.25, 0.3) is 22.0 Å². The Kier molecular flexibility index (Phi) is 12.2. The van der Waals surface area contributed by atoms with Gasteiger partial charge in [-0.2, -0.15) is 0 Å². The third-order valence-corrected chi connectivity index (χ3v) is 10.0. The number of nitrogens with one attached hydrogen (secondary N) is 3. The molecule has 1 heterocycles. The Balaban J connectivity index is 0.992. The van der Waals surface area contributed by atoms with Gasteiger partial charge in [0.05, 0.1) is 17.3 Å². The van der Waals surface area contributed by atoms with Crippen molar-refractivity contribution in [1.82, 2.24) is 10.3 Å². The van der Waals surface area contributed by atoms with Crippen LogP contribution in [0.3, 0.4) is 0 Å². The number of rotatable bonds is 14. The monoisotopic (exact) mass is 717 g/mol. The Labute approximate surface area is 308 Å². The fraction of sp³-hybridized carbons (Fsp3) is 0.310. The third kappa shape index (κ3) is 9.50. The summed E-state index contributed by atoms with van der Waals surface area (Å²) in [4.78, 5) is 41.4. The molecule has 1 fully saturated rings. The number of carbonyl (C=O) groups excluding carboxylic acids is 1. The summed E-state index contributed by atoms with van der Waals surface area (Å²) >= 11 is 0. The average molecular weight is 718 g/mol. The van der Waals surface area contributed by atoms with Crippen molar-refractivity contribution in [1.29, 1.82) is 0 Å². The van der Waals surface area contributed by atoms with Gasteiger partial charge in [-0.25, -0.2) is 4.79 Å². The summed E-state index contributed by atoms with van der Waals surface area (Å²) < 4.78 is 0. The largest absolute Gasteiger partial charge is 0.506 e. The lowest BCUT2D eigenvalue weighted by molar-refractivity contribution is -0.116. The first-order valence-electron chi connectivity index (χ1n) is 18.2. The van der Waals surface area contributed by atoms with Crippen LogP contribution >= 0.6 is 0 Å². The first-order chi connectivity index (χ1) is 25.7. The predicted molar refractivity (Wildman–Crippen MR) is 208 cm³/mol. The Morgan fingerprint density at radius 3 is 2.36 bits per heavy atom. The molecule has 0 unspecified atom stereocenters. The number of carbonyl (C=O) groups is 2. The molecule has 1 atom stereocenters. The number of phenols is 1. The number of pyridine rings is 1. The van der Waals surface area contributed by atoms with E-state index in [1.807, 2.05) is 72.8 Å². The second kappa shape index (κ2) is 17.4. The first-order valence-corrected chi connectivity index (χ1v) is 18.2. The van der Waals surface area contributed by atoms with Gasteiger partial charge < -0.3 is 36.7 Å². The number of phenolic OH excluding ortho intramolecular Hbond substituents is 1. The number of H-pyrrole nitrogens is 1. The maximum Gasteiger partial charge on any atom is 0.412 e. The zero-order chi connectivity index (χ0) is 37.3. The van der Waals surface area contributed by atoms with Crippen LogP contribution in [0.5, 0.6) is 5.75 Å². The Morgan fingerprint density at radius 1 is 0.887 bits per heavy atom. The average Bonchev–Trinajstić information content (AvgIpc) is 3.15. The topological polar surface area (TPSA) is 181 Å². The van der Waals surface area contributed by atoms with Crippen LogP contribution < -0.4 is 26.8 Å². The predicted octanol–water partition coefficient (Wildman–Crippen LogP) is 6.48. The summed E-state index contributed by atoms with van der Waals surface area (Å²) in [5, 5.41) is 38.1. The fourth-order valence-corrected chi connectivity index (χ4v) is 7.17. The van der Waals surface area contributed by atoms with E-state index in [9.17, 15) is 29.7 Å². The zero-order valence-electron chi connectivity index (χ0n) is 29.6. The summed E-state index contributed by atoms with van der Waals surface area (Å²) in [6.45, 7) is 0.905. The van der Waals surface area contributed by atoms with Crippen LogP contribution in [0, 0.1) is 0 Å². The van der Waals surface area contributed by atoms with Gasteiger partial charge in [-0.1, -0.05) is 60.7 Å². The van der Waals surface area contributed by atoms with Gasteiger partial charge in [0.15, 0.2) is 0 Å². The van der Waals surface area contributed by atoms with E-state index < -0.39 is 12.2 Å². The lowest BCUT2D eigenvalue weighted by atomic mass is 9.89. The molecule has 1 saturated carbocycles. The van der Waals surface area contributed by atoms with E-state index in [4.69, 9.17) is 5.73 Å². The molecule has 5 aromatic rings. The van der Waals surface area contributed by atoms with E-state index in [1.54, 1.807) is 12.1 Å². The van der Waals surface area contributed by atoms with Crippen molar-refractivity contribution in [2.24, 2.45) is 5.73 Å². The van der Waals surface area contributed by atoms with Gasteiger partial charge in [0.1, 0.15) is 5.75 Å². The second-order valence-electron chi connectivity index (χ2n) is 13.8. The number of aliphatic hydroxyl groups is 1. The molecule has 8 N–H and O–H groups in total. The molecule has 11 heteroatoms. The molecule has 276 valence electrons. The molecule has 6 rings (SSSR count). The number of hydrogen-bond donors (Lipinski definition) is 7. The minimum absolute atomic E-state index is 0.0489. The van der Waals surface area contributed by atoms with Crippen molar-refractivity contribution in [3.05, 3.63) is 124 Å². The highest BCUT2D eigenvalue weighted by atomic mass is 16.4. The van der Waals surface area contributed by atoms with Crippen LogP contribution in [-0.2, 0) is 17.6 Å². The Bertz CT molecular complexity index is 2080. The van der Waals surface area contributed by atoms with E-state index >= 15 is 0 Å². The van der Waals surface area contributed by atoms with Crippen molar-refractivity contribution >= 4 is 34.3 Å². The highest BCUT2D eigenvalue weighted by Crippen LogP contribution is 2.36. The summed E-state index contributed by atoms with van der Waals surface area (Å²) in [5.41, 5.74) is 12.0. The lowest BCUT2D eigenvalue weighted by Gasteiger charge is -2.35. The molecular formula is C42H47N5O6. The Morgan fingerprint density at radius 2 is 1.62 bits per heavy atom. The fourth-order valence-electron chi connectivity index (χ4n) is 7.17. The van der Waals surface area contributed by atoms with E-state index in [0.29, 0.717) is 66.6 Å². The van der Waals surface area contributed by atoms with Gasteiger partial charge in [-0.05, 0) is 104 Å². The van der Waals surface area contributed by atoms with Crippen molar-refractivity contribution in [2.45, 2.75) is 69.6 Å².